The summed E-state index contributed by atoms with van der Waals surface area (Å²) < 4.78 is 15.7. The Kier molecular flexibility index (Phi) is 10.6. The van der Waals surface area contributed by atoms with Crippen molar-refractivity contribution in [2.45, 2.75) is 78.2 Å². The van der Waals surface area contributed by atoms with Crippen LogP contribution in [0.5, 0.6) is 0 Å². The largest absolute Gasteiger partial charge is 0.458 e. The molecule has 1 aromatic rings. The number of hydrogen-bond acceptors (Lipinski definition) is 7. The molecule has 0 radical (unpaired) electrons. The smallest absolute Gasteiger partial charge is 0.414 e. The minimum absolute atomic E-state index is 0.105. The molecule has 0 bridgehead atoms. The third-order valence-electron chi connectivity index (χ3n) is 3.76. The van der Waals surface area contributed by atoms with E-state index in [9.17, 15) is 14.4 Å². The molecule has 1 atom stereocenters. The van der Waals surface area contributed by atoms with E-state index in [0.29, 0.717) is 6.42 Å². The zero-order valence-electron chi connectivity index (χ0n) is 20.3. The molecule has 0 fully saturated rings. The lowest BCUT2D eigenvalue weighted by molar-refractivity contribution is -0.157. The molecule has 0 saturated heterocycles. The van der Waals surface area contributed by atoms with Crippen LogP contribution in [-0.2, 0) is 25.6 Å². The van der Waals surface area contributed by atoms with Crippen molar-refractivity contribution in [2.75, 3.05) is 6.54 Å². The lowest BCUT2D eigenvalue weighted by Crippen LogP contribution is -2.46. The van der Waals surface area contributed by atoms with Gasteiger partial charge in [-0.15, -0.1) is 0 Å². The van der Waals surface area contributed by atoms with Gasteiger partial charge in [0.1, 0.15) is 23.9 Å². The zero-order chi connectivity index (χ0) is 25.1. The first kappa shape index (κ1) is 27.7. The summed E-state index contributed by atoms with van der Waals surface area (Å²) in [5, 5.41) is 4.88. The molecule has 1 rings (SSSR count). The highest BCUT2D eigenvalue weighted by atomic mass is 16.6. The summed E-state index contributed by atoms with van der Waals surface area (Å²) in [7, 11) is 0. The van der Waals surface area contributed by atoms with Gasteiger partial charge in [0.15, 0.2) is 5.96 Å². The first-order valence-corrected chi connectivity index (χ1v) is 10.8. The van der Waals surface area contributed by atoms with Gasteiger partial charge in [-0.1, -0.05) is 30.3 Å². The second-order valence-electron chi connectivity index (χ2n) is 9.33. The molecule has 0 spiro atoms. The normalized spacial score (nSPS) is 13.0. The van der Waals surface area contributed by atoms with Crippen LogP contribution in [0.3, 0.4) is 0 Å². The molecule has 0 aliphatic carbocycles. The lowest BCUT2D eigenvalue weighted by atomic mass is 10.1. The highest BCUT2D eigenvalue weighted by molar-refractivity contribution is 5.92. The fraction of sp³-hybridized carbons (Fsp3) is 0.565. The average Bonchev–Trinajstić information content (AvgIpc) is 2.66. The quantitative estimate of drug-likeness (QED) is 0.176. The summed E-state index contributed by atoms with van der Waals surface area (Å²) in [6.07, 6.45) is -0.813. The Morgan fingerprint density at radius 3 is 2.15 bits per heavy atom. The van der Waals surface area contributed by atoms with Crippen LogP contribution in [0, 0.1) is 0 Å². The van der Waals surface area contributed by atoms with Crippen LogP contribution in [0.25, 0.3) is 0 Å². The molecule has 0 aromatic heterocycles. The molecule has 4 N–H and O–H groups in total. The second kappa shape index (κ2) is 12.7. The van der Waals surface area contributed by atoms with Gasteiger partial charge in [0.05, 0.1) is 0 Å². The van der Waals surface area contributed by atoms with Gasteiger partial charge < -0.3 is 25.3 Å². The lowest BCUT2D eigenvalue weighted by Gasteiger charge is -2.26. The van der Waals surface area contributed by atoms with Crippen molar-refractivity contribution in [1.29, 1.82) is 0 Å². The molecule has 0 unspecified atom stereocenters. The van der Waals surface area contributed by atoms with Crippen molar-refractivity contribution in [3.05, 3.63) is 35.9 Å². The fourth-order valence-corrected chi connectivity index (χ4v) is 2.47. The molecule has 33 heavy (non-hydrogen) atoms. The van der Waals surface area contributed by atoms with Gasteiger partial charge in [-0.3, -0.25) is 10.3 Å². The number of guanidine groups is 1. The highest BCUT2D eigenvalue weighted by Crippen LogP contribution is 2.12. The van der Waals surface area contributed by atoms with E-state index in [1.807, 2.05) is 30.3 Å². The number of ether oxygens (including phenoxy) is 3. The Morgan fingerprint density at radius 1 is 0.970 bits per heavy atom. The Bertz CT molecular complexity index is 812. The number of benzene rings is 1. The molecule has 0 aliphatic rings. The first-order valence-electron chi connectivity index (χ1n) is 10.8. The number of carbonyl (C=O) groups is 3. The summed E-state index contributed by atoms with van der Waals surface area (Å²) in [4.78, 5) is 40.5. The summed E-state index contributed by atoms with van der Waals surface area (Å²) in [5.74, 6) is -0.685. The third-order valence-corrected chi connectivity index (χ3v) is 3.76. The standard InChI is InChI=1S/C23H36N4O6/c1-22(2,3)32-18(28)17(26-21(30)33-23(4,5)6)13-10-14-25-19(24)27-20(29)31-15-16-11-8-7-9-12-16/h7-9,11-12,17H,10,13-15H2,1-6H3,(H,26,30)(H3,24,25,27,29)/t17-/m0/s1. The third kappa shape index (κ3) is 13.7. The van der Waals surface area contributed by atoms with Crippen molar-refractivity contribution in [3.8, 4) is 0 Å². The minimum atomic E-state index is -0.917. The second-order valence-corrected chi connectivity index (χ2v) is 9.33. The number of esters is 1. The molecule has 0 aliphatic heterocycles. The van der Waals surface area contributed by atoms with E-state index in [1.54, 1.807) is 41.5 Å². The summed E-state index contributed by atoms with van der Waals surface area (Å²) in [6.45, 7) is 10.7. The predicted molar refractivity (Wildman–Crippen MR) is 124 cm³/mol. The van der Waals surface area contributed by atoms with Gasteiger partial charge in [0.25, 0.3) is 0 Å². The number of nitrogens with zero attached hydrogens (tertiary/aromatic N) is 1. The van der Waals surface area contributed by atoms with Gasteiger partial charge in [0.2, 0.25) is 0 Å². The van der Waals surface area contributed by atoms with E-state index in [0.717, 1.165) is 5.56 Å². The predicted octanol–water partition coefficient (Wildman–Crippen LogP) is 3.24. The molecule has 0 saturated carbocycles. The van der Waals surface area contributed by atoms with Crippen LogP contribution in [0.2, 0.25) is 0 Å². The number of nitrogens with one attached hydrogen (secondary N) is 2. The molecule has 2 amide bonds. The molecular weight excluding hydrogens is 428 g/mol. The van der Waals surface area contributed by atoms with Crippen LogP contribution in [-0.4, -0.2) is 47.9 Å². The van der Waals surface area contributed by atoms with Crippen molar-refractivity contribution < 1.29 is 28.6 Å². The van der Waals surface area contributed by atoms with Crippen molar-refractivity contribution in [2.24, 2.45) is 10.7 Å². The van der Waals surface area contributed by atoms with Gasteiger partial charge in [0, 0.05) is 6.54 Å². The maximum atomic E-state index is 12.5. The van der Waals surface area contributed by atoms with Crippen molar-refractivity contribution in [3.63, 3.8) is 0 Å². The molecule has 10 nitrogen and oxygen atoms in total. The Labute approximate surface area is 195 Å². The number of aliphatic imine (C=N–C) groups is 1. The van der Waals surface area contributed by atoms with Crippen LogP contribution >= 0.6 is 0 Å². The van der Waals surface area contributed by atoms with Gasteiger partial charge in [-0.2, -0.15) is 0 Å². The topological polar surface area (TPSA) is 141 Å². The van der Waals surface area contributed by atoms with E-state index >= 15 is 0 Å². The van der Waals surface area contributed by atoms with E-state index in [-0.39, 0.29) is 25.5 Å². The first-order chi connectivity index (χ1) is 15.2. The van der Waals surface area contributed by atoms with Gasteiger partial charge >= 0.3 is 18.2 Å². The number of alkyl carbamates (subject to hydrolysis) is 2. The van der Waals surface area contributed by atoms with Gasteiger partial charge in [-0.25, -0.2) is 14.4 Å². The molecule has 10 heteroatoms. The monoisotopic (exact) mass is 464 g/mol. The molecule has 0 heterocycles. The Balaban J connectivity index is 2.54. The summed E-state index contributed by atoms with van der Waals surface area (Å²) in [5.41, 5.74) is 5.13. The molecule has 184 valence electrons. The van der Waals surface area contributed by atoms with E-state index in [2.05, 4.69) is 15.6 Å². The zero-order valence-corrected chi connectivity index (χ0v) is 20.3. The number of rotatable bonds is 8. The Morgan fingerprint density at radius 2 is 1.58 bits per heavy atom. The van der Waals surface area contributed by atoms with E-state index in [1.165, 1.54) is 0 Å². The van der Waals surface area contributed by atoms with Crippen molar-refractivity contribution in [1.82, 2.24) is 10.6 Å². The van der Waals surface area contributed by atoms with Crippen LogP contribution in [0.15, 0.2) is 35.3 Å². The number of hydrogen-bond donors (Lipinski definition) is 3. The fourth-order valence-electron chi connectivity index (χ4n) is 2.47. The number of nitrogens with two attached hydrogens (primary N) is 1. The highest BCUT2D eigenvalue weighted by Gasteiger charge is 2.28. The van der Waals surface area contributed by atoms with Gasteiger partial charge in [-0.05, 0) is 59.9 Å². The molecular formula is C23H36N4O6. The van der Waals surface area contributed by atoms with Crippen molar-refractivity contribution >= 4 is 24.1 Å². The minimum Gasteiger partial charge on any atom is -0.458 e. The summed E-state index contributed by atoms with van der Waals surface area (Å²) in [6, 6.07) is 8.29. The van der Waals surface area contributed by atoms with Crippen LogP contribution in [0.1, 0.15) is 59.9 Å². The maximum absolute atomic E-state index is 12.5. The number of amides is 2. The average molecular weight is 465 g/mol. The molecule has 1 aromatic carbocycles. The van der Waals surface area contributed by atoms with Crippen LogP contribution < -0.4 is 16.4 Å². The van der Waals surface area contributed by atoms with E-state index in [4.69, 9.17) is 19.9 Å². The Hall–Kier alpha value is -3.30. The van der Waals surface area contributed by atoms with E-state index < -0.39 is 35.4 Å². The maximum Gasteiger partial charge on any atom is 0.414 e. The summed E-state index contributed by atoms with van der Waals surface area (Å²) >= 11 is 0. The SMILES string of the molecule is CC(C)(C)OC(=O)N[C@@H](CCCN=C(N)NC(=O)OCc1ccccc1)C(=O)OC(C)(C)C. The number of carbonyl (C=O) groups excluding carboxylic acids is 3. The van der Waals surface area contributed by atoms with Crippen LogP contribution in [0.4, 0.5) is 9.59 Å².